The van der Waals surface area contributed by atoms with Crippen molar-refractivity contribution in [3.8, 4) is 50.2 Å². The molecule has 0 aliphatic rings. The summed E-state index contributed by atoms with van der Waals surface area (Å²) in [5.41, 5.74) is 16.2. The fraction of sp³-hybridized carbons (Fsp3) is 0. The lowest BCUT2D eigenvalue weighted by atomic mass is 9.97. The molecule has 10 aromatic carbocycles. The van der Waals surface area contributed by atoms with Crippen LogP contribution in [0, 0.1) is 0 Å². The van der Waals surface area contributed by atoms with Crippen molar-refractivity contribution >= 4 is 49.6 Å². The number of para-hydroxylation sites is 2. The summed E-state index contributed by atoms with van der Waals surface area (Å²) in [7, 11) is 0. The van der Waals surface area contributed by atoms with E-state index in [0.29, 0.717) is 0 Å². The average Bonchev–Trinajstić information content (AvgIpc) is 3.66. The Kier molecular flexibility index (Phi) is 8.87. The summed E-state index contributed by atoms with van der Waals surface area (Å²) < 4.78 is 2.50. The third-order valence-corrected chi connectivity index (χ3v) is 11.8. The number of rotatable bonds is 8. The molecule has 1 aromatic heterocycles. The van der Waals surface area contributed by atoms with Crippen molar-refractivity contribution in [1.29, 1.82) is 0 Å². The Morgan fingerprint density at radius 2 is 0.833 bits per heavy atom. The molecular weight excluding hydrogens is 725 g/mol. The van der Waals surface area contributed by atoms with Crippen LogP contribution in [0.25, 0.3) is 82.8 Å². The summed E-state index contributed by atoms with van der Waals surface area (Å²) in [6.45, 7) is 0. The first-order chi connectivity index (χ1) is 29.8. The largest absolute Gasteiger partial charge is 0.310 e. The quantitative estimate of drug-likeness (QED) is 0.150. The molecule has 282 valence electrons. The number of fused-ring (bicyclic) bond motifs is 4. The molecular formula is C58H40N2. The molecule has 2 nitrogen and oxygen atoms in total. The highest BCUT2D eigenvalue weighted by atomic mass is 15.1. The van der Waals surface area contributed by atoms with Crippen molar-refractivity contribution in [3.05, 3.63) is 243 Å². The highest BCUT2D eigenvalue weighted by Gasteiger charge is 2.22. The van der Waals surface area contributed by atoms with E-state index >= 15 is 0 Å². The molecule has 2 heteroatoms. The lowest BCUT2D eigenvalue weighted by Gasteiger charge is -2.28. The Bertz CT molecular complexity index is 3290. The van der Waals surface area contributed by atoms with E-state index in [0.717, 1.165) is 33.7 Å². The van der Waals surface area contributed by atoms with Crippen LogP contribution < -0.4 is 4.90 Å². The molecule has 0 fully saturated rings. The first-order valence-corrected chi connectivity index (χ1v) is 20.6. The highest BCUT2D eigenvalue weighted by molar-refractivity contribution is 6.13. The second-order valence-electron chi connectivity index (χ2n) is 15.3. The van der Waals surface area contributed by atoms with Gasteiger partial charge in [0.15, 0.2) is 0 Å². The van der Waals surface area contributed by atoms with Crippen LogP contribution in [-0.4, -0.2) is 4.57 Å². The SMILES string of the molecule is c1ccc(-c2ccc(N(c3ccc4c5ccccc5n(-c5c(-c6ccccc6)ccc6ccccc56)c4c3)c3ccccc3-c3cccc(-c4ccccc4)c3)cc2)cc1. The van der Waals surface area contributed by atoms with E-state index < -0.39 is 0 Å². The second kappa shape index (κ2) is 15.1. The zero-order valence-corrected chi connectivity index (χ0v) is 33.0. The number of anilines is 3. The fourth-order valence-corrected chi connectivity index (χ4v) is 8.96. The van der Waals surface area contributed by atoms with Crippen LogP contribution in [0.5, 0.6) is 0 Å². The molecule has 11 rings (SSSR count). The van der Waals surface area contributed by atoms with Gasteiger partial charge in [0.2, 0.25) is 0 Å². The lowest BCUT2D eigenvalue weighted by Crippen LogP contribution is -2.11. The van der Waals surface area contributed by atoms with Crippen LogP contribution in [-0.2, 0) is 0 Å². The number of benzene rings is 10. The highest BCUT2D eigenvalue weighted by Crippen LogP contribution is 2.45. The smallest absolute Gasteiger partial charge is 0.0618 e. The molecule has 60 heavy (non-hydrogen) atoms. The summed E-state index contributed by atoms with van der Waals surface area (Å²) in [4.78, 5) is 2.43. The normalized spacial score (nSPS) is 11.3. The van der Waals surface area contributed by atoms with Gasteiger partial charge in [0.25, 0.3) is 0 Å². The maximum atomic E-state index is 2.50. The third kappa shape index (κ3) is 6.23. The van der Waals surface area contributed by atoms with Gasteiger partial charge in [-0.25, -0.2) is 0 Å². The van der Waals surface area contributed by atoms with Gasteiger partial charge in [-0.1, -0.05) is 200 Å². The Morgan fingerprint density at radius 1 is 0.283 bits per heavy atom. The molecule has 0 spiro atoms. The second-order valence-corrected chi connectivity index (χ2v) is 15.3. The van der Waals surface area contributed by atoms with Crippen molar-refractivity contribution in [2.45, 2.75) is 0 Å². The molecule has 0 saturated carbocycles. The van der Waals surface area contributed by atoms with E-state index in [1.54, 1.807) is 0 Å². The van der Waals surface area contributed by atoms with Gasteiger partial charge in [-0.3, -0.25) is 0 Å². The first kappa shape index (κ1) is 35.2. The van der Waals surface area contributed by atoms with Crippen LogP contribution in [0.3, 0.4) is 0 Å². The molecule has 0 amide bonds. The van der Waals surface area contributed by atoms with Crippen molar-refractivity contribution in [3.63, 3.8) is 0 Å². The van der Waals surface area contributed by atoms with Crippen LogP contribution >= 0.6 is 0 Å². The van der Waals surface area contributed by atoms with Gasteiger partial charge in [-0.15, -0.1) is 0 Å². The predicted molar refractivity (Wildman–Crippen MR) is 255 cm³/mol. The molecule has 1 heterocycles. The Balaban J connectivity index is 1.17. The van der Waals surface area contributed by atoms with Gasteiger partial charge in [-0.05, 0) is 81.2 Å². The van der Waals surface area contributed by atoms with E-state index in [1.165, 1.54) is 66.1 Å². The summed E-state index contributed by atoms with van der Waals surface area (Å²) in [5.74, 6) is 0. The van der Waals surface area contributed by atoms with Gasteiger partial charge in [-0.2, -0.15) is 0 Å². The molecule has 0 atom stereocenters. The predicted octanol–water partition coefficient (Wildman–Crippen LogP) is 16.1. The summed E-state index contributed by atoms with van der Waals surface area (Å²) in [5, 5.41) is 4.86. The van der Waals surface area contributed by atoms with Crippen LogP contribution in [0.2, 0.25) is 0 Å². The summed E-state index contributed by atoms with van der Waals surface area (Å²) in [6, 6.07) is 88.0. The zero-order chi connectivity index (χ0) is 39.8. The fourth-order valence-electron chi connectivity index (χ4n) is 8.96. The van der Waals surface area contributed by atoms with E-state index in [1.807, 2.05) is 0 Å². The number of nitrogens with zero attached hydrogens (tertiary/aromatic N) is 2. The van der Waals surface area contributed by atoms with Crippen LogP contribution in [0.4, 0.5) is 17.1 Å². The first-order valence-electron chi connectivity index (χ1n) is 20.6. The molecule has 0 bridgehead atoms. The Labute approximate surface area is 350 Å². The minimum Gasteiger partial charge on any atom is -0.310 e. The number of hydrogen-bond acceptors (Lipinski definition) is 1. The summed E-state index contributed by atoms with van der Waals surface area (Å²) in [6.07, 6.45) is 0. The van der Waals surface area contributed by atoms with Crippen LogP contribution in [0.1, 0.15) is 0 Å². The van der Waals surface area contributed by atoms with E-state index in [9.17, 15) is 0 Å². The van der Waals surface area contributed by atoms with E-state index in [-0.39, 0.29) is 0 Å². The van der Waals surface area contributed by atoms with Gasteiger partial charge in [0.05, 0.1) is 22.4 Å². The lowest BCUT2D eigenvalue weighted by molar-refractivity contribution is 1.19. The standard InChI is InChI=1S/C58H40N2/c1-4-17-41(18-5-1)43-31-34-48(35-32-43)59(55-29-14-12-26-50(55)47-25-16-24-46(39-47)42-19-6-2-7-20-42)49-36-38-54-53-28-13-15-30-56(53)60(57(54)40-49)58-51-27-11-10-23-45(51)33-37-52(58)44-21-8-3-9-22-44/h1-40H. The third-order valence-electron chi connectivity index (χ3n) is 11.8. The minimum atomic E-state index is 1.08. The zero-order valence-electron chi connectivity index (χ0n) is 33.0. The molecule has 0 aliphatic heterocycles. The van der Waals surface area contributed by atoms with Gasteiger partial charge in [0.1, 0.15) is 0 Å². The van der Waals surface area contributed by atoms with Crippen molar-refractivity contribution in [1.82, 2.24) is 4.57 Å². The van der Waals surface area contributed by atoms with Gasteiger partial charge in [0, 0.05) is 38.7 Å². The van der Waals surface area contributed by atoms with E-state index in [2.05, 4.69) is 252 Å². The van der Waals surface area contributed by atoms with Crippen molar-refractivity contribution in [2.24, 2.45) is 0 Å². The molecule has 0 aliphatic carbocycles. The van der Waals surface area contributed by atoms with E-state index in [4.69, 9.17) is 0 Å². The Morgan fingerprint density at radius 3 is 1.60 bits per heavy atom. The maximum Gasteiger partial charge on any atom is 0.0618 e. The molecule has 0 saturated heterocycles. The number of hydrogen-bond donors (Lipinski definition) is 0. The monoisotopic (exact) mass is 764 g/mol. The van der Waals surface area contributed by atoms with Crippen LogP contribution in [0.15, 0.2) is 243 Å². The van der Waals surface area contributed by atoms with Gasteiger partial charge >= 0.3 is 0 Å². The summed E-state index contributed by atoms with van der Waals surface area (Å²) >= 11 is 0. The Hall–Kier alpha value is -7.94. The number of aromatic nitrogens is 1. The average molecular weight is 765 g/mol. The van der Waals surface area contributed by atoms with Gasteiger partial charge < -0.3 is 9.47 Å². The topological polar surface area (TPSA) is 8.17 Å². The molecule has 0 unspecified atom stereocenters. The molecule has 0 N–H and O–H groups in total. The minimum absolute atomic E-state index is 1.08. The van der Waals surface area contributed by atoms with Crippen molar-refractivity contribution in [2.75, 3.05) is 4.90 Å². The molecule has 11 aromatic rings. The van der Waals surface area contributed by atoms with Crippen molar-refractivity contribution < 1.29 is 0 Å². The molecule has 0 radical (unpaired) electrons. The maximum absolute atomic E-state index is 2.50.